The maximum absolute atomic E-state index is 5.06. The summed E-state index contributed by atoms with van der Waals surface area (Å²) in [5.74, 6) is 0.819. The number of benzene rings is 1. The first-order valence-electron chi connectivity index (χ1n) is 3.52. The molecule has 0 saturated heterocycles. The number of thiol groups is 1. The highest BCUT2D eigenvalue weighted by Gasteiger charge is 1.99. The number of halogens is 1. The van der Waals surface area contributed by atoms with Crippen LogP contribution in [0.25, 0.3) is 11.0 Å². The Hall–Kier alpha value is -0.870. The van der Waals surface area contributed by atoms with E-state index in [1.807, 2.05) is 18.2 Å². The topological polar surface area (TPSA) is 37.9 Å². The number of fused-ring (bicyclic) bond motifs is 1. The molecule has 3 nitrogen and oxygen atoms in total. The maximum Gasteiger partial charge on any atom is 0.163 e. The second-order valence-electron chi connectivity index (χ2n) is 2.44. The summed E-state index contributed by atoms with van der Waals surface area (Å²) in [5.41, 5.74) is 1.85. The fourth-order valence-corrected chi connectivity index (χ4v) is 1.33. The number of hydrogen-bond acceptors (Lipinski definition) is 3. The smallest absolute Gasteiger partial charge is 0.163 e. The third-order valence-corrected chi connectivity index (χ3v) is 1.89. The second kappa shape index (κ2) is 3.89. The van der Waals surface area contributed by atoms with Crippen LogP contribution in [0.4, 0.5) is 0 Å². The van der Waals surface area contributed by atoms with E-state index in [4.69, 9.17) is 4.74 Å². The molecule has 13 heavy (non-hydrogen) atoms. The van der Waals surface area contributed by atoms with Gasteiger partial charge in [-0.3, -0.25) is 0 Å². The molecule has 0 spiro atoms. The largest absolute Gasteiger partial charge is 0.497 e. The van der Waals surface area contributed by atoms with Crippen LogP contribution in [0, 0.1) is 0 Å². The lowest BCUT2D eigenvalue weighted by atomic mass is 10.3. The van der Waals surface area contributed by atoms with Gasteiger partial charge < -0.3 is 9.72 Å². The van der Waals surface area contributed by atoms with E-state index in [0.29, 0.717) is 5.16 Å². The molecule has 0 bridgehead atoms. The molecule has 2 aromatic rings. The molecule has 0 aliphatic rings. The molecule has 0 amide bonds. The van der Waals surface area contributed by atoms with Crippen LogP contribution in [-0.2, 0) is 0 Å². The van der Waals surface area contributed by atoms with E-state index in [-0.39, 0.29) is 12.4 Å². The predicted octanol–water partition coefficient (Wildman–Crippen LogP) is 2.28. The molecule has 1 aromatic heterocycles. The Bertz CT molecular complexity index is 415. The normalized spacial score (nSPS) is 9.69. The molecular formula is C8H9ClN2OS. The second-order valence-corrected chi connectivity index (χ2v) is 2.87. The van der Waals surface area contributed by atoms with Crippen molar-refractivity contribution in [2.24, 2.45) is 0 Å². The van der Waals surface area contributed by atoms with Gasteiger partial charge in [0.15, 0.2) is 5.16 Å². The molecule has 70 valence electrons. The molecule has 0 atom stereocenters. The van der Waals surface area contributed by atoms with Gasteiger partial charge >= 0.3 is 0 Å². The van der Waals surface area contributed by atoms with Crippen molar-refractivity contribution >= 4 is 36.1 Å². The first-order valence-corrected chi connectivity index (χ1v) is 3.97. The van der Waals surface area contributed by atoms with E-state index in [2.05, 4.69) is 22.6 Å². The number of nitrogens with one attached hydrogen (secondary N) is 1. The zero-order valence-corrected chi connectivity index (χ0v) is 8.65. The van der Waals surface area contributed by atoms with Crippen molar-refractivity contribution < 1.29 is 4.74 Å². The van der Waals surface area contributed by atoms with Crippen LogP contribution >= 0.6 is 25.0 Å². The van der Waals surface area contributed by atoms with Crippen molar-refractivity contribution in [2.75, 3.05) is 7.11 Å². The number of imidazole rings is 1. The van der Waals surface area contributed by atoms with Crippen molar-refractivity contribution in [3.05, 3.63) is 18.2 Å². The summed E-state index contributed by atoms with van der Waals surface area (Å²) >= 11 is 4.10. The van der Waals surface area contributed by atoms with Gasteiger partial charge in [0.25, 0.3) is 0 Å². The summed E-state index contributed by atoms with van der Waals surface area (Å²) in [7, 11) is 1.64. The van der Waals surface area contributed by atoms with Gasteiger partial charge in [-0.05, 0) is 12.1 Å². The predicted molar refractivity (Wildman–Crippen MR) is 57.1 cm³/mol. The van der Waals surface area contributed by atoms with Gasteiger partial charge in [-0.15, -0.1) is 25.0 Å². The van der Waals surface area contributed by atoms with E-state index in [1.54, 1.807) is 7.11 Å². The van der Waals surface area contributed by atoms with Crippen LogP contribution < -0.4 is 4.74 Å². The van der Waals surface area contributed by atoms with E-state index >= 15 is 0 Å². The zero-order chi connectivity index (χ0) is 8.55. The standard InChI is InChI=1S/C8H8N2OS.ClH/c1-11-5-2-3-6-7(4-5)10-8(12)9-6;/h2-4H,1H3,(H2,9,10,12);1H. The average molecular weight is 217 g/mol. The summed E-state index contributed by atoms with van der Waals surface area (Å²) < 4.78 is 5.06. The number of methoxy groups -OCH3 is 1. The summed E-state index contributed by atoms with van der Waals surface area (Å²) in [6, 6.07) is 5.66. The number of H-pyrrole nitrogens is 1. The highest BCUT2D eigenvalue weighted by molar-refractivity contribution is 7.80. The molecule has 0 aliphatic carbocycles. The third-order valence-electron chi connectivity index (χ3n) is 1.68. The lowest BCUT2D eigenvalue weighted by molar-refractivity contribution is 0.415. The molecule has 0 fully saturated rings. The van der Waals surface area contributed by atoms with Crippen LogP contribution in [0.5, 0.6) is 5.75 Å². The fourth-order valence-electron chi connectivity index (χ4n) is 1.10. The lowest BCUT2D eigenvalue weighted by Gasteiger charge is -1.96. The number of aromatic amines is 1. The zero-order valence-electron chi connectivity index (χ0n) is 6.94. The minimum absolute atomic E-state index is 0. The van der Waals surface area contributed by atoms with Crippen molar-refractivity contribution in [1.82, 2.24) is 9.97 Å². The summed E-state index contributed by atoms with van der Waals surface area (Å²) in [4.78, 5) is 7.15. The molecule has 0 aliphatic heterocycles. The van der Waals surface area contributed by atoms with Crippen molar-refractivity contribution in [1.29, 1.82) is 0 Å². The van der Waals surface area contributed by atoms with E-state index in [9.17, 15) is 0 Å². The van der Waals surface area contributed by atoms with Crippen LogP contribution in [0.15, 0.2) is 23.4 Å². The lowest BCUT2D eigenvalue weighted by Crippen LogP contribution is -1.80. The van der Waals surface area contributed by atoms with E-state index in [0.717, 1.165) is 16.8 Å². The van der Waals surface area contributed by atoms with Gasteiger partial charge in [0.2, 0.25) is 0 Å². The molecule has 0 saturated carbocycles. The number of hydrogen-bond donors (Lipinski definition) is 2. The summed E-state index contributed by atoms with van der Waals surface area (Å²) in [6.07, 6.45) is 0. The quantitative estimate of drug-likeness (QED) is 0.718. The fraction of sp³-hybridized carbons (Fsp3) is 0.125. The Kier molecular flexibility index (Phi) is 3.06. The van der Waals surface area contributed by atoms with Gasteiger partial charge in [-0.25, -0.2) is 4.98 Å². The molecule has 1 heterocycles. The Morgan fingerprint density at radius 2 is 2.23 bits per heavy atom. The van der Waals surface area contributed by atoms with Crippen LogP contribution in [0.2, 0.25) is 0 Å². The molecule has 1 aromatic carbocycles. The average Bonchev–Trinajstić information content (AvgIpc) is 2.43. The van der Waals surface area contributed by atoms with Gasteiger partial charge in [-0.1, -0.05) is 0 Å². The van der Waals surface area contributed by atoms with E-state index < -0.39 is 0 Å². The van der Waals surface area contributed by atoms with Gasteiger partial charge in [0, 0.05) is 6.07 Å². The highest BCUT2D eigenvalue weighted by Crippen LogP contribution is 2.19. The molecular weight excluding hydrogens is 208 g/mol. The van der Waals surface area contributed by atoms with Crippen LogP contribution in [-0.4, -0.2) is 17.1 Å². The summed E-state index contributed by atoms with van der Waals surface area (Å²) in [5, 5.41) is 0.623. The molecule has 0 unspecified atom stereocenters. The molecule has 2 rings (SSSR count). The Balaban J connectivity index is 0.000000845. The SMILES string of the molecule is COc1ccc2nc(S)[nH]c2c1.Cl. The first kappa shape index (κ1) is 10.2. The van der Waals surface area contributed by atoms with Crippen LogP contribution in [0.3, 0.4) is 0 Å². The Labute approximate surface area is 87.3 Å². The van der Waals surface area contributed by atoms with Crippen molar-refractivity contribution in [3.8, 4) is 5.75 Å². The van der Waals surface area contributed by atoms with Gasteiger partial charge in [0.1, 0.15) is 5.75 Å². The monoisotopic (exact) mass is 216 g/mol. The highest BCUT2D eigenvalue weighted by atomic mass is 35.5. The van der Waals surface area contributed by atoms with Crippen LogP contribution in [0.1, 0.15) is 0 Å². The van der Waals surface area contributed by atoms with Gasteiger partial charge in [0.05, 0.1) is 18.1 Å². The Morgan fingerprint density at radius 3 is 2.92 bits per heavy atom. The minimum atomic E-state index is 0. The Morgan fingerprint density at radius 1 is 1.46 bits per heavy atom. The molecule has 5 heteroatoms. The molecule has 1 N–H and O–H groups in total. The number of aromatic nitrogens is 2. The van der Waals surface area contributed by atoms with E-state index in [1.165, 1.54) is 0 Å². The third kappa shape index (κ3) is 1.89. The number of ether oxygens (including phenoxy) is 1. The minimum Gasteiger partial charge on any atom is -0.497 e. The number of rotatable bonds is 1. The number of nitrogens with zero attached hydrogens (tertiary/aromatic N) is 1. The molecule has 0 radical (unpaired) electrons. The first-order chi connectivity index (χ1) is 5.79. The maximum atomic E-state index is 5.06. The summed E-state index contributed by atoms with van der Waals surface area (Å²) in [6.45, 7) is 0. The van der Waals surface area contributed by atoms with Crippen molar-refractivity contribution in [2.45, 2.75) is 5.16 Å². The van der Waals surface area contributed by atoms with Gasteiger partial charge in [-0.2, -0.15) is 0 Å². The van der Waals surface area contributed by atoms with Crippen molar-refractivity contribution in [3.63, 3.8) is 0 Å².